The van der Waals surface area contributed by atoms with Crippen molar-refractivity contribution in [2.45, 2.75) is 64.8 Å². The fourth-order valence-corrected chi connectivity index (χ4v) is 4.05. The number of nitrogens with one attached hydrogen (secondary N) is 1. The van der Waals surface area contributed by atoms with Crippen LogP contribution in [0, 0.1) is 5.92 Å². The summed E-state index contributed by atoms with van der Waals surface area (Å²) in [6.07, 6.45) is 9.43. The second-order valence-electron chi connectivity index (χ2n) is 5.53. The third-order valence-corrected chi connectivity index (χ3v) is 5.36. The van der Waals surface area contributed by atoms with Crippen molar-refractivity contribution < 1.29 is 0 Å². The van der Waals surface area contributed by atoms with E-state index in [0.717, 1.165) is 12.0 Å². The summed E-state index contributed by atoms with van der Waals surface area (Å²) in [5, 5.41) is 3.79. The van der Waals surface area contributed by atoms with E-state index in [1.165, 1.54) is 56.4 Å². The molecule has 18 heavy (non-hydrogen) atoms. The largest absolute Gasteiger partial charge is 0.313 e. The van der Waals surface area contributed by atoms with Gasteiger partial charge in [0.15, 0.2) is 0 Å². The molecule has 1 aromatic rings. The molecule has 2 rings (SSSR count). The van der Waals surface area contributed by atoms with Gasteiger partial charge in [-0.3, -0.25) is 0 Å². The Morgan fingerprint density at radius 3 is 2.56 bits per heavy atom. The minimum absolute atomic E-state index is 0.718. The topological polar surface area (TPSA) is 12.0 Å². The van der Waals surface area contributed by atoms with E-state index in [4.69, 9.17) is 0 Å². The third-order valence-electron chi connectivity index (χ3n) is 4.11. The normalized spacial score (nSPS) is 18.3. The molecule has 0 aromatic carbocycles. The van der Waals surface area contributed by atoms with E-state index < -0.39 is 0 Å². The number of thiophene rings is 1. The highest BCUT2D eigenvalue weighted by Gasteiger charge is 2.24. The average Bonchev–Trinajstić information content (AvgIpc) is 3.05. The molecule has 1 heterocycles. The van der Waals surface area contributed by atoms with Gasteiger partial charge in [0.25, 0.3) is 0 Å². The molecule has 0 bridgehead atoms. The lowest BCUT2D eigenvalue weighted by Gasteiger charge is -2.24. The summed E-state index contributed by atoms with van der Waals surface area (Å²) >= 11 is 2.01. The fraction of sp³-hybridized carbons (Fsp3) is 0.750. The van der Waals surface area contributed by atoms with E-state index in [-0.39, 0.29) is 0 Å². The Balaban J connectivity index is 1.94. The van der Waals surface area contributed by atoms with Gasteiger partial charge in [-0.15, -0.1) is 11.3 Å². The van der Waals surface area contributed by atoms with Crippen LogP contribution in [0.5, 0.6) is 0 Å². The third kappa shape index (κ3) is 3.83. The van der Waals surface area contributed by atoms with Crippen molar-refractivity contribution in [3.8, 4) is 0 Å². The van der Waals surface area contributed by atoms with E-state index in [1.54, 1.807) is 4.88 Å². The van der Waals surface area contributed by atoms with Crippen LogP contribution in [0.3, 0.4) is 0 Å². The van der Waals surface area contributed by atoms with Gasteiger partial charge in [0, 0.05) is 15.8 Å². The number of rotatable bonds is 7. The monoisotopic (exact) mass is 265 g/mol. The Morgan fingerprint density at radius 1 is 1.22 bits per heavy atom. The molecule has 1 unspecified atom stereocenters. The molecule has 1 aliphatic carbocycles. The molecule has 1 aliphatic rings. The molecule has 2 heteroatoms. The zero-order chi connectivity index (χ0) is 12.8. The predicted octanol–water partition coefficient (Wildman–Crippen LogP) is 4.41. The Hall–Kier alpha value is -0.340. The zero-order valence-electron chi connectivity index (χ0n) is 11.9. The Morgan fingerprint density at radius 2 is 1.94 bits per heavy atom. The molecular weight excluding hydrogens is 238 g/mol. The van der Waals surface area contributed by atoms with Crippen LogP contribution in [0.2, 0.25) is 0 Å². The maximum Gasteiger partial charge on any atom is 0.0144 e. The van der Waals surface area contributed by atoms with Crippen molar-refractivity contribution in [2.24, 2.45) is 5.92 Å². The molecule has 102 valence electrons. The van der Waals surface area contributed by atoms with Gasteiger partial charge in [0.1, 0.15) is 0 Å². The minimum Gasteiger partial charge on any atom is -0.313 e. The lowest BCUT2D eigenvalue weighted by atomic mass is 9.94. The summed E-state index contributed by atoms with van der Waals surface area (Å²) in [5.74, 6) is 0.920. The molecule has 0 aliphatic heterocycles. The first-order valence-electron chi connectivity index (χ1n) is 7.64. The van der Waals surface area contributed by atoms with Gasteiger partial charge in [0.2, 0.25) is 0 Å². The van der Waals surface area contributed by atoms with E-state index in [1.807, 2.05) is 11.3 Å². The molecular formula is C16H27NS. The summed E-state index contributed by atoms with van der Waals surface area (Å²) in [7, 11) is 0. The molecule has 0 radical (unpaired) electrons. The minimum atomic E-state index is 0.718. The predicted molar refractivity (Wildman–Crippen MR) is 81.4 cm³/mol. The van der Waals surface area contributed by atoms with Gasteiger partial charge in [-0.25, -0.2) is 0 Å². The number of aryl methyl sites for hydroxylation is 1. The van der Waals surface area contributed by atoms with Crippen LogP contribution < -0.4 is 5.32 Å². The molecule has 0 saturated heterocycles. The van der Waals surface area contributed by atoms with Gasteiger partial charge in [0.05, 0.1) is 0 Å². The van der Waals surface area contributed by atoms with Crippen LogP contribution in [0.25, 0.3) is 0 Å². The highest BCUT2D eigenvalue weighted by molar-refractivity contribution is 7.11. The van der Waals surface area contributed by atoms with Crippen LogP contribution in [0.4, 0.5) is 0 Å². The molecule has 0 spiro atoms. The van der Waals surface area contributed by atoms with Crippen molar-refractivity contribution >= 4 is 11.3 Å². The SMILES string of the molecule is CCCNC(Cc1ccc(CC)s1)C1CCCC1. The lowest BCUT2D eigenvalue weighted by Crippen LogP contribution is -2.37. The first-order chi connectivity index (χ1) is 8.83. The van der Waals surface area contributed by atoms with E-state index in [2.05, 4.69) is 31.3 Å². The van der Waals surface area contributed by atoms with Crippen LogP contribution >= 0.6 is 11.3 Å². The van der Waals surface area contributed by atoms with Crippen LogP contribution in [0.1, 0.15) is 55.7 Å². The Labute approximate surface area is 116 Å². The number of hydrogen-bond donors (Lipinski definition) is 1. The van der Waals surface area contributed by atoms with E-state index in [0.29, 0.717) is 0 Å². The van der Waals surface area contributed by atoms with Crippen LogP contribution in [-0.2, 0) is 12.8 Å². The van der Waals surface area contributed by atoms with Crippen molar-refractivity contribution in [1.82, 2.24) is 5.32 Å². The average molecular weight is 265 g/mol. The van der Waals surface area contributed by atoms with Crippen molar-refractivity contribution in [3.63, 3.8) is 0 Å². The molecule has 1 saturated carbocycles. The van der Waals surface area contributed by atoms with Gasteiger partial charge >= 0.3 is 0 Å². The molecule has 1 N–H and O–H groups in total. The lowest BCUT2D eigenvalue weighted by molar-refractivity contribution is 0.358. The standard InChI is InChI=1S/C16H27NS/c1-3-11-17-16(13-7-5-6-8-13)12-15-10-9-14(4-2)18-15/h9-10,13,16-17H,3-8,11-12H2,1-2H3. The highest BCUT2D eigenvalue weighted by atomic mass is 32.1. The van der Waals surface area contributed by atoms with Gasteiger partial charge in [-0.1, -0.05) is 26.7 Å². The van der Waals surface area contributed by atoms with Crippen molar-refractivity contribution in [1.29, 1.82) is 0 Å². The summed E-state index contributed by atoms with van der Waals surface area (Å²) < 4.78 is 0. The smallest absolute Gasteiger partial charge is 0.0144 e. The molecule has 1 nitrogen and oxygen atoms in total. The first kappa shape index (κ1) is 14.1. The second kappa shape index (κ2) is 7.30. The maximum atomic E-state index is 3.79. The fourth-order valence-electron chi connectivity index (χ4n) is 3.03. The van der Waals surface area contributed by atoms with Crippen LogP contribution in [-0.4, -0.2) is 12.6 Å². The quantitative estimate of drug-likeness (QED) is 0.770. The molecule has 1 aromatic heterocycles. The Kier molecular flexibility index (Phi) is 5.71. The highest BCUT2D eigenvalue weighted by Crippen LogP contribution is 2.30. The second-order valence-corrected chi connectivity index (χ2v) is 6.78. The number of hydrogen-bond acceptors (Lipinski definition) is 2. The van der Waals surface area contributed by atoms with Gasteiger partial charge in [-0.2, -0.15) is 0 Å². The first-order valence-corrected chi connectivity index (χ1v) is 8.46. The van der Waals surface area contributed by atoms with E-state index in [9.17, 15) is 0 Å². The van der Waals surface area contributed by atoms with Crippen LogP contribution in [0.15, 0.2) is 12.1 Å². The zero-order valence-corrected chi connectivity index (χ0v) is 12.7. The van der Waals surface area contributed by atoms with Gasteiger partial charge in [-0.05, 0) is 56.7 Å². The van der Waals surface area contributed by atoms with Crippen molar-refractivity contribution in [2.75, 3.05) is 6.54 Å². The maximum absolute atomic E-state index is 3.79. The summed E-state index contributed by atoms with van der Waals surface area (Å²) in [6.45, 7) is 5.69. The summed E-state index contributed by atoms with van der Waals surface area (Å²) in [5.41, 5.74) is 0. The molecule has 0 amide bonds. The Bertz CT molecular complexity index is 339. The summed E-state index contributed by atoms with van der Waals surface area (Å²) in [6, 6.07) is 5.38. The molecule has 1 fully saturated rings. The summed E-state index contributed by atoms with van der Waals surface area (Å²) in [4.78, 5) is 3.11. The van der Waals surface area contributed by atoms with Crippen molar-refractivity contribution in [3.05, 3.63) is 21.9 Å². The van der Waals surface area contributed by atoms with Gasteiger partial charge < -0.3 is 5.32 Å². The van der Waals surface area contributed by atoms with E-state index >= 15 is 0 Å². The molecule has 1 atom stereocenters.